The van der Waals surface area contributed by atoms with Crippen molar-refractivity contribution >= 4 is 21.6 Å². The van der Waals surface area contributed by atoms with Gasteiger partial charge in [0.05, 0.1) is 4.90 Å². The van der Waals surface area contributed by atoms with Crippen LogP contribution >= 0.6 is 0 Å². The molecule has 140 valence electrons. The van der Waals surface area contributed by atoms with Crippen LogP contribution in [0.4, 0.5) is 5.69 Å². The molecule has 26 heavy (non-hydrogen) atoms. The molecule has 1 aliphatic heterocycles. The number of nitrogens with zero attached hydrogens (tertiary/aromatic N) is 3. The number of rotatable bonds is 6. The molecule has 0 saturated heterocycles. The van der Waals surface area contributed by atoms with E-state index in [1.54, 1.807) is 29.3 Å². The van der Waals surface area contributed by atoms with E-state index in [0.717, 1.165) is 29.9 Å². The maximum atomic E-state index is 12.6. The van der Waals surface area contributed by atoms with E-state index in [0.29, 0.717) is 26.1 Å². The number of imidazole rings is 1. The second kappa shape index (κ2) is 7.59. The summed E-state index contributed by atoms with van der Waals surface area (Å²) in [7, 11) is -3.56. The summed E-state index contributed by atoms with van der Waals surface area (Å²) < 4.78 is 29.7. The number of amides is 1. The second-order valence-electron chi connectivity index (χ2n) is 6.48. The van der Waals surface area contributed by atoms with Gasteiger partial charge in [0.25, 0.3) is 0 Å². The van der Waals surface area contributed by atoms with Gasteiger partial charge in [0.15, 0.2) is 0 Å². The van der Waals surface area contributed by atoms with Gasteiger partial charge in [-0.15, -0.1) is 0 Å². The van der Waals surface area contributed by atoms with E-state index in [2.05, 4.69) is 9.71 Å². The second-order valence-corrected chi connectivity index (χ2v) is 8.25. The molecule has 7 nitrogen and oxygen atoms in total. The Balaban J connectivity index is 1.66. The highest BCUT2D eigenvalue weighted by Crippen LogP contribution is 2.29. The Labute approximate surface area is 154 Å². The molecule has 0 bridgehead atoms. The highest BCUT2D eigenvalue weighted by molar-refractivity contribution is 7.89. The van der Waals surface area contributed by atoms with Gasteiger partial charge >= 0.3 is 0 Å². The van der Waals surface area contributed by atoms with E-state index in [-0.39, 0.29) is 10.8 Å². The summed E-state index contributed by atoms with van der Waals surface area (Å²) in [5.41, 5.74) is 1.72. The van der Waals surface area contributed by atoms with Crippen molar-refractivity contribution < 1.29 is 13.2 Å². The smallest absolute Gasteiger partial charge is 0.240 e. The van der Waals surface area contributed by atoms with Crippen molar-refractivity contribution in [3.63, 3.8) is 0 Å². The molecule has 1 aromatic heterocycles. The molecule has 0 fully saturated rings. The molecule has 0 saturated carbocycles. The monoisotopic (exact) mass is 376 g/mol. The summed E-state index contributed by atoms with van der Waals surface area (Å²) in [5.74, 6) is 0.895. The number of fused-ring (bicyclic) bond motifs is 1. The fourth-order valence-corrected chi connectivity index (χ4v) is 4.37. The van der Waals surface area contributed by atoms with E-state index in [9.17, 15) is 13.2 Å². The molecule has 1 aliphatic rings. The van der Waals surface area contributed by atoms with Crippen molar-refractivity contribution in [1.29, 1.82) is 0 Å². The molecule has 1 N–H and O–H groups in total. The molecule has 3 rings (SSSR count). The maximum Gasteiger partial charge on any atom is 0.240 e. The minimum absolute atomic E-state index is 0.0190. The first-order valence-electron chi connectivity index (χ1n) is 8.77. The van der Waals surface area contributed by atoms with Gasteiger partial charge in [-0.05, 0) is 49.9 Å². The van der Waals surface area contributed by atoms with Crippen LogP contribution < -0.4 is 9.62 Å². The number of carbonyl (C=O) groups is 1. The van der Waals surface area contributed by atoms with Crippen molar-refractivity contribution in [2.24, 2.45) is 0 Å². The summed E-state index contributed by atoms with van der Waals surface area (Å²) >= 11 is 0. The lowest BCUT2D eigenvalue weighted by Gasteiger charge is -2.28. The van der Waals surface area contributed by atoms with Crippen LogP contribution in [0.15, 0.2) is 35.5 Å². The summed E-state index contributed by atoms with van der Waals surface area (Å²) in [6, 6.07) is 4.99. The number of hydrogen-bond acceptors (Lipinski definition) is 4. The zero-order valence-corrected chi connectivity index (χ0v) is 15.9. The quantitative estimate of drug-likeness (QED) is 0.780. The number of sulfonamides is 1. The van der Waals surface area contributed by atoms with Crippen LogP contribution in [0.5, 0.6) is 0 Å². The highest BCUT2D eigenvalue weighted by Gasteiger charge is 2.22. The fourth-order valence-electron chi connectivity index (χ4n) is 3.25. The number of nitrogens with one attached hydrogen (secondary N) is 1. The summed E-state index contributed by atoms with van der Waals surface area (Å²) in [6.45, 7) is 5.20. The van der Waals surface area contributed by atoms with Crippen LogP contribution in [0.2, 0.25) is 0 Å². The topological polar surface area (TPSA) is 84.3 Å². The van der Waals surface area contributed by atoms with Gasteiger partial charge in [0.2, 0.25) is 15.9 Å². The van der Waals surface area contributed by atoms with Crippen LogP contribution in [0, 0.1) is 6.92 Å². The van der Waals surface area contributed by atoms with Crippen LogP contribution in [-0.4, -0.2) is 37.0 Å². The Bertz CT molecular complexity index is 905. The number of benzene rings is 1. The normalized spacial score (nSPS) is 14.3. The van der Waals surface area contributed by atoms with E-state index >= 15 is 0 Å². The van der Waals surface area contributed by atoms with Crippen LogP contribution in [0.1, 0.15) is 31.2 Å². The largest absolute Gasteiger partial charge is 0.335 e. The predicted octanol–water partition coefficient (Wildman–Crippen LogP) is 1.86. The van der Waals surface area contributed by atoms with Crippen molar-refractivity contribution in [3.8, 4) is 0 Å². The Morgan fingerprint density at radius 1 is 1.35 bits per heavy atom. The third-order valence-electron chi connectivity index (χ3n) is 4.65. The Kier molecular flexibility index (Phi) is 5.43. The first kappa shape index (κ1) is 18.6. The lowest BCUT2D eigenvalue weighted by Crippen LogP contribution is -2.33. The van der Waals surface area contributed by atoms with Crippen molar-refractivity contribution in [1.82, 2.24) is 14.3 Å². The number of aromatic nitrogens is 2. The average molecular weight is 376 g/mol. The number of anilines is 1. The van der Waals surface area contributed by atoms with Gasteiger partial charge in [0, 0.05) is 44.6 Å². The first-order valence-corrected chi connectivity index (χ1v) is 10.3. The maximum absolute atomic E-state index is 12.6. The van der Waals surface area contributed by atoms with Gasteiger partial charge < -0.3 is 9.47 Å². The third kappa shape index (κ3) is 3.96. The minimum atomic E-state index is -3.56. The molecule has 2 heterocycles. The van der Waals surface area contributed by atoms with Gasteiger partial charge in [-0.1, -0.05) is 0 Å². The molecule has 0 spiro atoms. The highest BCUT2D eigenvalue weighted by atomic mass is 32.2. The van der Waals surface area contributed by atoms with Crippen molar-refractivity contribution in [2.45, 2.75) is 44.6 Å². The molecule has 0 atom stereocenters. The number of aryl methyl sites for hydroxylation is 3. The van der Waals surface area contributed by atoms with Crippen LogP contribution in [0.25, 0.3) is 0 Å². The van der Waals surface area contributed by atoms with E-state index in [1.165, 1.54) is 6.92 Å². The summed E-state index contributed by atoms with van der Waals surface area (Å²) in [6.07, 6.45) is 5.92. The van der Waals surface area contributed by atoms with E-state index in [1.807, 2.05) is 17.7 Å². The molecule has 0 unspecified atom stereocenters. The van der Waals surface area contributed by atoms with Crippen molar-refractivity contribution in [2.75, 3.05) is 18.0 Å². The summed E-state index contributed by atoms with van der Waals surface area (Å²) in [4.78, 5) is 17.8. The SMILES string of the molecule is CC(=O)N1CCCc2cc(S(=O)(=O)NCCCn3ccnc3C)ccc21. The number of carbonyl (C=O) groups excluding carboxylic acids is 1. The Morgan fingerprint density at radius 2 is 2.15 bits per heavy atom. The molecule has 1 aromatic carbocycles. The van der Waals surface area contributed by atoms with Gasteiger partial charge in [-0.3, -0.25) is 4.79 Å². The van der Waals surface area contributed by atoms with Gasteiger partial charge in [-0.25, -0.2) is 18.1 Å². The standard InChI is InChI=1S/C18H24N4O3S/c1-14-19-9-12-21(14)10-4-8-20-26(24,25)17-6-7-18-16(13-17)5-3-11-22(18)15(2)23/h6-7,9,12-13,20H,3-5,8,10-11H2,1-2H3. The zero-order chi connectivity index (χ0) is 18.7. The third-order valence-corrected chi connectivity index (χ3v) is 6.11. The molecule has 0 aliphatic carbocycles. The van der Waals surface area contributed by atoms with Crippen LogP contribution in [-0.2, 0) is 27.8 Å². The van der Waals surface area contributed by atoms with E-state index in [4.69, 9.17) is 0 Å². The molecule has 1 amide bonds. The molecular weight excluding hydrogens is 352 g/mol. The molecule has 2 aromatic rings. The Morgan fingerprint density at radius 3 is 2.85 bits per heavy atom. The fraction of sp³-hybridized carbons (Fsp3) is 0.444. The van der Waals surface area contributed by atoms with Gasteiger partial charge in [0.1, 0.15) is 5.82 Å². The zero-order valence-electron chi connectivity index (χ0n) is 15.1. The first-order chi connectivity index (χ1) is 12.4. The molecule has 8 heteroatoms. The molecule has 0 radical (unpaired) electrons. The van der Waals surface area contributed by atoms with Crippen LogP contribution in [0.3, 0.4) is 0 Å². The molecular formula is C18H24N4O3S. The number of hydrogen-bond donors (Lipinski definition) is 1. The lowest BCUT2D eigenvalue weighted by atomic mass is 10.0. The average Bonchev–Trinajstić information content (AvgIpc) is 3.02. The van der Waals surface area contributed by atoms with Crippen molar-refractivity contribution in [3.05, 3.63) is 42.0 Å². The Hall–Kier alpha value is -2.19. The summed E-state index contributed by atoms with van der Waals surface area (Å²) in [5, 5.41) is 0. The van der Waals surface area contributed by atoms with E-state index < -0.39 is 10.0 Å². The lowest BCUT2D eigenvalue weighted by molar-refractivity contribution is -0.116. The minimum Gasteiger partial charge on any atom is -0.335 e. The predicted molar refractivity (Wildman–Crippen MR) is 99.6 cm³/mol. The van der Waals surface area contributed by atoms with Gasteiger partial charge in [-0.2, -0.15) is 0 Å².